The van der Waals surface area contributed by atoms with E-state index >= 15 is 0 Å². The lowest BCUT2D eigenvalue weighted by Gasteiger charge is -2.33. The number of carbonyl (C=O) groups is 2. The van der Waals surface area contributed by atoms with E-state index in [0.717, 1.165) is 17.7 Å². The first-order valence-corrected chi connectivity index (χ1v) is 11.4. The Morgan fingerprint density at radius 3 is 2.45 bits per heavy atom. The van der Waals surface area contributed by atoms with Crippen LogP contribution in [0.15, 0.2) is 60.7 Å². The third-order valence-electron chi connectivity index (χ3n) is 6.03. The molecule has 1 saturated heterocycles. The average Bonchev–Trinajstić information content (AvgIpc) is 3.32. The Hall–Kier alpha value is -3.26. The average molecular weight is 469 g/mol. The molecule has 0 radical (unpaired) electrons. The van der Waals surface area contributed by atoms with Crippen LogP contribution in [0.2, 0.25) is 0 Å². The number of nitrogens with zero attached hydrogens (tertiary/aromatic N) is 2. The number of thioether (sulfide) groups is 1. The number of benzene rings is 3. The van der Waals surface area contributed by atoms with E-state index in [2.05, 4.69) is 0 Å². The highest BCUT2D eigenvalue weighted by molar-refractivity contribution is 8.01. The van der Waals surface area contributed by atoms with Gasteiger partial charge in [-0.25, -0.2) is 13.2 Å². The maximum atomic E-state index is 14.4. The highest BCUT2D eigenvalue weighted by Gasteiger charge is 2.59. The van der Waals surface area contributed by atoms with Crippen molar-refractivity contribution in [1.82, 2.24) is 4.90 Å². The summed E-state index contributed by atoms with van der Waals surface area (Å²) in [7, 11) is 0. The number of amides is 2. The van der Waals surface area contributed by atoms with Gasteiger partial charge in [0.15, 0.2) is 4.87 Å². The van der Waals surface area contributed by atoms with Crippen molar-refractivity contribution in [2.75, 3.05) is 17.2 Å². The Balaban J connectivity index is 1.60. The second kappa shape index (κ2) is 7.95. The molecule has 5 rings (SSSR count). The molecule has 0 bridgehead atoms. The molecule has 2 amide bonds. The van der Waals surface area contributed by atoms with E-state index in [1.54, 1.807) is 6.07 Å². The Labute approximate surface area is 193 Å². The van der Waals surface area contributed by atoms with Gasteiger partial charge >= 0.3 is 0 Å². The number of anilines is 1. The summed E-state index contributed by atoms with van der Waals surface area (Å²) in [4.78, 5) is 29.0. The van der Waals surface area contributed by atoms with Crippen LogP contribution in [-0.2, 0) is 16.2 Å². The molecule has 3 aromatic rings. The van der Waals surface area contributed by atoms with Crippen LogP contribution < -0.4 is 4.90 Å². The summed E-state index contributed by atoms with van der Waals surface area (Å²) in [5, 5.41) is 0. The van der Waals surface area contributed by atoms with Gasteiger partial charge < -0.3 is 9.80 Å². The molecule has 3 aromatic carbocycles. The van der Waals surface area contributed by atoms with Crippen LogP contribution in [0.5, 0.6) is 0 Å². The molecule has 1 fully saturated rings. The van der Waals surface area contributed by atoms with Crippen molar-refractivity contribution in [3.05, 3.63) is 100 Å². The van der Waals surface area contributed by atoms with Gasteiger partial charge in [-0.3, -0.25) is 9.59 Å². The van der Waals surface area contributed by atoms with Crippen LogP contribution in [0.3, 0.4) is 0 Å². The quantitative estimate of drug-likeness (QED) is 0.543. The van der Waals surface area contributed by atoms with Crippen LogP contribution >= 0.6 is 11.8 Å². The highest BCUT2D eigenvalue weighted by atomic mass is 32.2. The lowest BCUT2D eigenvalue weighted by molar-refractivity contribution is -0.123. The van der Waals surface area contributed by atoms with Gasteiger partial charge in [0.2, 0.25) is 0 Å². The maximum absolute atomic E-state index is 14.4. The van der Waals surface area contributed by atoms with E-state index < -0.39 is 22.3 Å². The number of hydrogen-bond acceptors (Lipinski definition) is 3. The molecular weight excluding hydrogens is 449 g/mol. The minimum Gasteiger partial charge on any atom is -0.311 e. The van der Waals surface area contributed by atoms with Crippen molar-refractivity contribution in [2.45, 2.75) is 18.3 Å². The Morgan fingerprint density at radius 2 is 1.73 bits per heavy atom. The van der Waals surface area contributed by atoms with Crippen LogP contribution in [-0.4, -0.2) is 29.0 Å². The fourth-order valence-electron chi connectivity index (χ4n) is 4.45. The molecule has 8 heteroatoms. The molecule has 2 heterocycles. The predicted octanol–water partition coefficient (Wildman–Crippen LogP) is 5.00. The lowest BCUT2D eigenvalue weighted by Crippen LogP contribution is -2.50. The van der Waals surface area contributed by atoms with Crippen molar-refractivity contribution in [3.63, 3.8) is 0 Å². The first-order valence-electron chi connectivity index (χ1n) is 10.4. The van der Waals surface area contributed by atoms with Gasteiger partial charge in [0.25, 0.3) is 11.8 Å². The highest BCUT2D eigenvalue weighted by Crippen LogP contribution is 2.55. The van der Waals surface area contributed by atoms with Gasteiger partial charge in [-0.1, -0.05) is 23.8 Å². The molecule has 0 unspecified atom stereocenters. The molecule has 1 spiro atoms. The Kier molecular flexibility index (Phi) is 5.20. The summed E-state index contributed by atoms with van der Waals surface area (Å²) in [5.41, 5.74) is 2.61. The first kappa shape index (κ1) is 21.6. The van der Waals surface area contributed by atoms with Gasteiger partial charge in [0.1, 0.15) is 17.5 Å². The van der Waals surface area contributed by atoms with E-state index in [4.69, 9.17) is 0 Å². The SMILES string of the molecule is Cc1ccc2c(c1)[C@@]1(SCCN1C(=O)c1ccc(F)cc1)C(=O)N2Cc1ccc(F)cc1F. The molecule has 33 heavy (non-hydrogen) atoms. The van der Waals surface area contributed by atoms with Crippen molar-refractivity contribution in [3.8, 4) is 0 Å². The lowest BCUT2D eigenvalue weighted by atomic mass is 10.0. The number of halogens is 3. The molecule has 1 atom stereocenters. The second-order valence-electron chi connectivity index (χ2n) is 8.10. The number of carbonyl (C=O) groups excluding carboxylic acids is 2. The molecule has 0 aromatic heterocycles. The molecular formula is C25H19F3N2O2S. The summed E-state index contributed by atoms with van der Waals surface area (Å²) < 4.78 is 41.2. The zero-order valence-corrected chi connectivity index (χ0v) is 18.5. The van der Waals surface area contributed by atoms with Crippen LogP contribution in [0.1, 0.15) is 27.0 Å². The van der Waals surface area contributed by atoms with Gasteiger partial charge in [-0.2, -0.15) is 0 Å². The number of rotatable bonds is 3. The minimum absolute atomic E-state index is 0.0953. The smallest absolute Gasteiger partial charge is 0.268 e. The maximum Gasteiger partial charge on any atom is 0.268 e. The standard InChI is InChI=1S/C25H19F3N2O2S/c1-15-2-9-22-20(12-15)25(24(32)29(22)14-17-5-8-19(27)13-21(17)28)30(10-11-33-25)23(31)16-3-6-18(26)7-4-16/h2-9,12-13H,10-11,14H2,1H3/t25-/m1/s1. The van der Waals surface area contributed by atoms with Gasteiger partial charge in [0, 0.05) is 35.1 Å². The van der Waals surface area contributed by atoms with Gasteiger partial charge in [0.05, 0.1) is 12.2 Å². The van der Waals surface area contributed by atoms with Crippen molar-refractivity contribution in [1.29, 1.82) is 0 Å². The van der Waals surface area contributed by atoms with Crippen molar-refractivity contribution >= 4 is 29.3 Å². The third-order valence-corrected chi connectivity index (χ3v) is 7.45. The Morgan fingerprint density at radius 1 is 1.00 bits per heavy atom. The van der Waals surface area contributed by atoms with E-state index in [-0.39, 0.29) is 29.5 Å². The third kappa shape index (κ3) is 3.40. The summed E-state index contributed by atoms with van der Waals surface area (Å²) >= 11 is 1.35. The Bertz CT molecular complexity index is 1280. The summed E-state index contributed by atoms with van der Waals surface area (Å²) in [6, 6.07) is 14.0. The van der Waals surface area contributed by atoms with Gasteiger partial charge in [-0.15, -0.1) is 11.8 Å². The van der Waals surface area contributed by atoms with Crippen LogP contribution in [0, 0.1) is 24.4 Å². The normalized spacial score (nSPS) is 19.5. The molecule has 0 aliphatic carbocycles. The molecule has 168 valence electrons. The number of hydrogen-bond donors (Lipinski definition) is 0. The van der Waals surface area contributed by atoms with Crippen LogP contribution in [0.4, 0.5) is 18.9 Å². The first-order chi connectivity index (χ1) is 15.8. The van der Waals surface area contributed by atoms with Crippen molar-refractivity contribution < 1.29 is 22.8 Å². The summed E-state index contributed by atoms with van der Waals surface area (Å²) in [6.07, 6.45) is 0. The van der Waals surface area contributed by atoms with E-state index in [0.29, 0.717) is 23.5 Å². The molecule has 0 saturated carbocycles. The molecule has 2 aliphatic rings. The monoisotopic (exact) mass is 468 g/mol. The molecule has 4 nitrogen and oxygen atoms in total. The number of fused-ring (bicyclic) bond motifs is 2. The van der Waals surface area contributed by atoms with E-state index in [9.17, 15) is 22.8 Å². The van der Waals surface area contributed by atoms with Gasteiger partial charge in [-0.05, 0) is 43.3 Å². The zero-order chi connectivity index (χ0) is 23.3. The summed E-state index contributed by atoms with van der Waals surface area (Å²) in [5.74, 6) is -2.09. The zero-order valence-electron chi connectivity index (χ0n) is 17.6. The predicted molar refractivity (Wildman–Crippen MR) is 120 cm³/mol. The fourth-order valence-corrected chi connectivity index (χ4v) is 5.91. The minimum atomic E-state index is -1.30. The molecule has 0 N–H and O–H groups in total. The number of aryl methyl sites for hydroxylation is 1. The van der Waals surface area contributed by atoms with Crippen molar-refractivity contribution in [2.24, 2.45) is 0 Å². The van der Waals surface area contributed by atoms with E-state index in [1.165, 1.54) is 51.9 Å². The second-order valence-corrected chi connectivity index (χ2v) is 9.39. The molecule has 2 aliphatic heterocycles. The summed E-state index contributed by atoms with van der Waals surface area (Å²) in [6.45, 7) is 2.13. The van der Waals surface area contributed by atoms with E-state index in [1.807, 2.05) is 19.1 Å². The largest absolute Gasteiger partial charge is 0.311 e. The van der Waals surface area contributed by atoms with Crippen LogP contribution in [0.25, 0.3) is 0 Å². The fraction of sp³-hybridized carbons (Fsp3) is 0.200. The topological polar surface area (TPSA) is 40.6 Å².